The lowest BCUT2D eigenvalue weighted by Gasteiger charge is -2.13. The number of hydrogen-bond acceptors (Lipinski definition) is 1. The van der Waals surface area contributed by atoms with Crippen molar-refractivity contribution in [1.29, 1.82) is 0 Å². The number of likely N-dealkylation sites (tertiary alicyclic amines) is 1. The van der Waals surface area contributed by atoms with E-state index in [1.165, 1.54) is 11.1 Å². The van der Waals surface area contributed by atoms with Crippen molar-refractivity contribution in [3.63, 3.8) is 0 Å². The monoisotopic (exact) mass is 203 g/mol. The lowest BCUT2D eigenvalue weighted by Crippen LogP contribution is -2.33. The molecule has 1 unspecified atom stereocenters. The largest absolute Gasteiger partial charge is 0.351 e. The fraction of sp³-hybridized carbons (Fsp3) is 0.333. The van der Waals surface area contributed by atoms with Gasteiger partial charge in [-0.3, -0.25) is 0 Å². The molecule has 1 aromatic carbocycles. The van der Waals surface area contributed by atoms with E-state index in [1.54, 1.807) is 4.90 Å². The van der Waals surface area contributed by atoms with Crippen LogP contribution in [0.5, 0.6) is 0 Å². The first kappa shape index (κ1) is 10.0. The zero-order valence-corrected chi connectivity index (χ0v) is 8.81. The van der Waals surface area contributed by atoms with Gasteiger partial charge in [0.25, 0.3) is 0 Å². The molecule has 1 aliphatic heterocycles. The fourth-order valence-corrected chi connectivity index (χ4v) is 1.88. The Labute approximate surface area is 89.9 Å². The summed E-state index contributed by atoms with van der Waals surface area (Å²) in [4.78, 5) is 12.6. The quantitative estimate of drug-likeness (QED) is 0.741. The van der Waals surface area contributed by atoms with Gasteiger partial charge in [-0.2, -0.15) is 0 Å². The highest BCUT2D eigenvalue weighted by Gasteiger charge is 2.25. The highest BCUT2D eigenvalue weighted by Crippen LogP contribution is 2.26. The van der Waals surface area contributed by atoms with Crippen LogP contribution in [-0.4, -0.2) is 24.0 Å². The van der Waals surface area contributed by atoms with Gasteiger partial charge in [-0.05, 0) is 18.9 Å². The second kappa shape index (κ2) is 3.93. The molecule has 2 N–H and O–H groups in total. The first-order chi connectivity index (χ1) is 7.16. The van der Waals surface area contributed by atoms with Crippen LogP contribution in [0.25, 0.3) is 0 Å². The van der Waals surface area contributed by atoms with Gasteiger partial charge in [0.2, 0.25) is 0 Å². The van der Waals surface area contributed by atoms with E-state index < -0.39 is 0 Å². The van der Waals surface area contributed by atoms with Crippen molar-refractivity contribution in [2.45, 2.75) is 12.8 Å². The smallest absolute Gasteiger partial charge is 0.314 e. The zero-order valence-electron chi connectivity index (χ0n) is 8.81. The first-order valence-electron chi connectivity index (χ1n) is 5.11. The molecular weight excluding hydrogens is 188 g/mol. The van der Waals surface area contributed by atoms with E-state index in [1.807, 2.05) is 0 Å². The predicted molar refractivity (Wildman–Crippen MR) is 59.4 cm³/mol. The third-order valence-corrected chi connectivity index (χ3v) is 2.84. The van der Waals surface area contributed by atoms with Gasteiger partial charge in [-0.1, -0.05) is 29.8 Å². The number of nitrogens with zero attached hydrogens (tertiary/aromatic N) is 1. The minimum absolute atomic E-state index is 0.332. The minimum Gasteiger partial charge on any atom is -0.351 e. The Hall–Kier alpha value is -1.51. The Morgan fingerprint density at radius 2 is 2.07 bits per heavy atom. The topological polar surface area (TPSA) is 46.3 Å². The molecule has 0 bridgehead atoms. The molecule has 1 fully saturated rings. The number of hydrogen-bond donors (Lipinski definition) is 1. The fourth-order valence-electron chi connectivity index (χ4n) is 1.88. The van der Waals surface area contributed by atoms with Crippen LogP contribution in [0.15, 0.2) is 24.3 Å². The highest BCUT2D eigenvalue weighted by atomic mass is 16.2. The second-order valence-corrected chi connectivity index (χ2v) is 4.00. The molecule has 1 aromatic rings. The van der Waals surface area contributed by atoms with Gasteiger partial charge >= 0.3 is 6.03 Å². The van der Waals surface area contributed by atoms with Crippen LogP contribution < -0.4 is 5.73 Å². The standard InChI is InChI=1S/C12H15N2O/c1-9-2-4-10(5-3-9)11-6-7-14(8-11)12(13)15/h2-6,11H,7-8H2,1H3,(H2,13,15). The number of rotatable bonds is 1. The normalized spacial score (nSPS) is 20.6. The Balaban J connectivity index is 2.07. The van der Waals surface area contributed by atoms with Gasteiger partial charge < -0.3 is 10.6 Å². The van der Waals surface area contributed by atoms with Gasteiger partial charge in [0.1, 0.15) is 0 Å². The summed E-state index contributed by atoms with van der Waals surface area (Å²) in [6.07, 6.45) is 2.13. The van der Waals surface area contributed by atoms with Crippen molar-refractivity contribution in [2.24, 2.45) is 5.73 Å². The van der Waals surface area contributed by atoms with Crippen LogP contribution in [0.2, 0.25) is 0 Å². The summed E-state index contributed by atoms with van der Waals surface area (Å²) in [5, 5.41) is 0. The number of benzene rings is 1. The summed E-state index contributed by atoms with van der Waals surface area (Å²) in [5.41, 5.74) is 7.74. The Morgan fingerprint density at radius 3 is 2.60 bits per heavy atom. The summed E-state index contributed by atoms with van der Waals surface area (Å²) in [5.74, 6) is 0.332. The van der Waals surface area contributed by atoms with Crippen molar-refractivity contribution in [3.05, 3.63) is 41.8 Å². The molecule has 2 amide bonds. The number of amides is 2. The number of nitrogens with two attached hydrogens (primary N) is 1. The molecule has 2 rings (SSSR count). The molecule has 0 aromatic heterocycles. The maximum absolute atomic E-state index is 11.0. The van der Waals surface area contributed by atoms with Crippen LogP contribution >= 0.6 is 0 Å². The summed E-state index contributed by atoms with van der Waals surface area (Å²) in [7, 11) is 0. The zero-order chi connectivity index (χ0) is 10.8. The molecule has 3 nitrogen and oxygen atoms in total. The van der Waals surface area contributed by atoms with E-state index in [9.17, 15) is 4.79 Å². The van der Waals surface area contributed by atoms with Crippen molar-refractivity contribution in [1.82, 2.24) is 4.90 Å². The Morgan fingerprint density at radius 1 is 1.40 bits per heavy atom. The van der Waals surface area contributed by atoms with E-state index in [0.717, 1.165) is 0 Å². The molecule has 3 heteroatoms. The average molecular weight is 203 g/mol. The van der Waals surface area contributed by atoms with Crippen molar-refractivity contribution in [2.75, 3.05) is 13.1 Å². The Kier molecular flexibility index (Phi) is 2.62. The summed E-state index contributed by atoms with van der Waals surface area (Å²) >= 11 is 0. The number of carbonyl (C=O) groups is 1. The van der Waals surface area contributed by atoms with Crippen LogP contribution in [0, 0.1) is 13.3 Å². The molecular formula is C12H15N2O. The van der Waals surface area contributed by atoms with Crippen LogP contribution in [0.1, 0.15) is 17.0 Å². The molecule has 1 atom stereocenters. The highest BCUT2D eigenvalue weighted by molar-refractivity contribution is 5.72. The molecule has 1 aliphatic rings. The summed E-state index contributed by atoms with van der Waals surface area (Å²) in [6.45, 7) is 3.43. The number of carbonyl (C=O) groups excluding carboxylic acids is 1. The average Bonchev–Trinajstić information content (AvgIpc) is 2.68. The molecule has 15 heavy (non-hydrogen) atoms. The van der Waals surface area contributed by atoms with Gasteiger partial charge in [0, 0.05) is 19.0 Å². The van der Waals surface area contributed by atoms with E-state index in [-0.39, 0.29) is 6.03 Å². The number of urea groups is 1. The van der Waals surface area contributed by atoms with Crippen LogP contribution in [-0.2, 0) is 0 Å². The molecule has 1 saturated heterocycles. The number of primary amides is 1. The minimum atomic E-state index is -0.333. The summed E-state index contributed by atoms with van der Waals surface area (Å²) in [6, 6.07) is 8.08. The first-order valence-corrected chi connectivity index (χ1v) is 5.11. The maximum Gasteiger partial charge on any atom is 0.314 e. The van der Waals surface area contributed by atoms with Crippen molar-refractivity contribution < 1.29 is 4.79 Å². The van der Waals surface area contributed by atoms with Gasteiger partial charge in [0.15, 0.2) is 0 Å². The third kappa shape index (κ3) is 2.12. The molecule has 0 spiro atoms. The van der Waals surface area contributed by atoms with E-state index >= 15 is 0 Å². The molecule has 1 radical (unpaired) electrons. The third-order valence-electron chi connectivity index (χ3n) is 2.84. The van der Waals surface area contributed by atoms with Crippen LogP contribution in [0.4, 0.5) is 4.79 Å². The molecule has 1 heterocycles. The maximum atomic E-state index is 11.0. The van der Waals surface area contributed by atoms with E-state index in [0.29, 0.717) is 19.0 Å². The number of aryl methyl sites for hydroxylation is 1. The lowest BCUT2D eigenvalue weighted by molar-refractivity contribution is 0.218. The predicted octanol–water partition coefficient (Wildman–Crippen LogP) is 1.68. The van der Waals surface area contributed by atoms with Crippen molar-refractivity contribution in [3.8, 4) is 0 Å². The molecule has 0 saturated carbocycles. The Bertz CT molecular complexity index is 358. The molecule has 79 valence electrons. The second-order valence-electron chi connectivity index (χ2n) is 4.00. The van der Waals surface area contributed by atoms with Crippen LogP contribution in [0.3, 0.4) is 0 Å². The SMILES string of the molecule is Cc1ccc(C2[CH]CN(C(N)=O)C2)cc1. The van der Waals surface area contributed by atoms with Gasteiger partial charge in [-0.15, -0.1) is 0 Å². The van der Waals surface area contributed by atoms with E-state index in [2.05, 4.69) is 37.6 Å². The van der Waals surface area contributed by atoms with Gasteiger partial charge in [-0.25, -0.2) is 4.79 Å². The van der Waals surface area contributed by atoms with Crippen molar-refractivity contribution >= 4 is 6.03 Å². The van der Waals surface area contributed by atoms with E-state index in [4.69, 9.17) is 5.73 Å². The summed E-state index contributed by atoms with van der Waals surface area (Å²) < 4.78 is 0. The van der Waals surface area contributed by atoms with Gasteiger partial charge in [0.05, 0.1) is 0 Å². The molecule has 0 aliphatic carbocycles. The lowest BCUT2D eigenvalue weighted by atomic mass is 9.98.